The lowest BCUT2D eigenvalue weighted by Crippen LogP contribution is -2.10. The molecule has 1 aromatic rings. The zero-order chi connectivity index (χ0) is 9.84. The Balaban J connectivity index is 2.75. The lowest BCUT2D eigenvalue weighted by molar-refractivity contribution is -0.0498. The van der Waals surface area contributed by atoms with Gasteiger partial charge in [-0.2, -0.15) is 8.78 Å². The summed E-state index contributed by atoms with van der Waals surface area (Å²) in [5.41, 5.74) is 5.63. The predicted molar refractivity (Wildman–Crippen MR) is 44.1 cm³/mol. The predicted octanol–water partition coefficient (Wildman–Crippen LogP) is 1.57. The van der Waals surface area contributed by atoms with Gasteiger partial charge in [-0.3, -0.25) is 5.41 Å². The molecule has 0 amide bonds. The Morgan fingerprint density at radius 1 is 1.31 bits per heavy atom. The van der Waals surface area contributed by atoms with Gasteiger partial charge in [0.1, 0.15) is 11.6 Å². The fraction of sp³-hybridized carbons (Fsp3) is 0.125. The Bertz CT molecular complexity index is 298. The summed E-state index contributed by atoms with van der Waals surface area (Å²) in [7, 11) is 0. The minimum Gasteiger partial charge on any atom is -0.435 e. The molecule has 0 aromatic heterocycles. The van der Waals surface area contributed by atoms with Crippen molar-refractivity contribution in [3.8, 4) is 5.75 Å². The molecule has 3 nitrogen and oxygen atoms in total. The average molecular weight is 186 g/mol. The van der Waals surface area contributed by atoms with Crippen LogP contribution in [0.1, 0.15) is 5.56 Å². The van der Waals surface area contributed by atoms with Crippen molar-refractivity contribution >= 4 is 5.84 Å². The summed E-state index contributed by atoms with van der Waals surface area (Å²) in [6.45, 7) is -2.83. The van der Waals surface area contributed by atoms with E-state index in [0.717, 1.165) is 0 Å². The fourth-order valence-electron chi connectivity index (χ4n) is 0.816. The van der Waals surface area contributed by atoms with Gasteiger partial charge in [-0.05, 0) is 24.3 Å². The van der Waals surface area contributed by atoms with Crippen LogP contribution in [0.2, 0.25) is 0 Å². The van der Waals surface area contributed by atoms with E-state index in [1.165, 1.54) is 24.3 Å². The average Bonchev–Trinajstić information content (AvgIpc) is 2.04. The molecule has 0 heterocycles. The van der Waals surface area contributed by atoms with E-state index in [-0.39, 0.29) is 11.6 Å². The van der Waals surface area contributed by atoms with Gasteiger partial charge in [0.05, 0.1) is 0 Å². The van der Waals surface area contributed by atoms with Crippen molar-refractivity contribution in [3.05, 3.63) is 29.8 Å². The van der Waals surface area contributed by atoms with Gasteiger partial charge < -0.3 is 10.5 Å². The molecule has 0 atom stereocenters. The highest BCUT2D eigenvalue weighted by Crippen LogP contribution is 2.14. The summed E-state index contributed by atoms with van der Waals surface area (Å²) in [4.78, 5) is 0. The van der Waals surface area contributed by atoms with Crippen LogP contribution in [0.25, 0.3) is 0 Å². The van der Waals surface area contributed by atoms with Crippen LogP contribution in [0.5, 0.6) is 5.75 Å². The summed E-state index contributed by atoms with van der Waals surface area (Å²) in [5.74, 6) is -0.0522. The van der Waals surface area contributed by atoms with Gasteiger partial charge in [0, 0.05) is 5.56 Å². The van der Waals surface area contributed by atoms with Crippen LogP contribution in [0.15, 0.2) is 24.3 Å². The molecule has 0 unspecified atom stereocenters. The first-order valence-electron chi connectivity index (χ1n) is 3.49. The van der Waals surface area contributed by atoms with E-state index in [2.05, 4.69) is 4.74 Å². The number of halogens is 2. The normalized spacial score (nSPS) is 10.1. The highest BCUT2D eigenvalue weighted by molar-refractivity contribution is 5.94. The molecule has 5 heteroatoms. The molecule has 0 spiro atoms. The second kappa shape index (κ2) is 3.84. The number of rotatable bonds is 3. The van der Waals surface area contributed by atoms with E-state index in [1.54, 1.807) is 0 Å². The zero-order valence-electron chi connectivity index (χ0n) is 6.63. The number of nitrogens with one attached hydrogen (secondary N) is 1. The molecule has 1 aromatic carbocycles. The van der Waals surface area contributed by atoms with Crippen LogP contribution >= 0.6 is 0 Å². The van der Waals surface area contributed by atoms with Crippen molar-refractivity contribution in [3.63, 3.8) is 0 Å². The number of amidine groups is 1. The Morgan fingerprint density at radius 3 is 2.23 bits per heavy atom. The minimum atomic E-state index is -2.83. The molecule has 3 N–H and O–H groups in total. The van der Waals surface area contributed by atoms with Crippen molar-refractivity contribution in [2.75, 3.05) is 0 Å². The van der Waals surface area contributed by atoms with E-state index in [9.17, 15) is 8.78 Å². The Labute approximate surface area is 73.6 Å². The van der Waals surface area contributed by atoms with Crippen LogP contribution in [-0.4, -0.2) is 12.4 Å². The molecule has 0 aliphatic rings. The van der Waals surface area contributed by atoms with Crippen LogP contribution in [0.4, 0.5) is 8.78 Å². The third-order valence-corrected chi connectivity index (χ3v) is 1.39. The quantitative estimate of drug-likeness (QED) is 0.556. The number of hydrogen-bond donors (Lipinski definition) is 2. The molecule has 0 aliphatic heterocycles. The van der Waals surface area contributed by atoms with E-state index >= 15 is 0 Å². The number of benzene rings is 1. The first-order valence-corrected chi connectivity index (χ1v) is 3.49. The molecule has 0 aliphatic carbocycles. The van der Waals surface area contributed by atoms with Gasteiger partial charge in [0.25, 0.3) is 0 Å². The van der Waals surface area contributed by atoms with Gasteiger partial charge in [-0.25, -0.2) is 0 Å². The summed E-state index contributed by atoms with van der Waals surface area (Å²) in [6, 6.07) is 5.56. The highest BCUT2D eigenvalue weighted by atomic mass is 19.3. The molecular weight excluding hydrogens is 178 g/mol. The summed E-state index contributed by atoms with van der Waals surface area (Å²) in [6.07, 6.45) is 0. The summed E-state index contributed by atoms with van der Waals surface area (Å²) < 4.78 is 27.5. The van der Waals surface area contributed by atoms with Crippen molar-refractivity contribution in [1.29, 1.82) is 5.41 Å². The molecule has 0 bridgehead atoms. The lowest BCUT2D eigenvalue weighted by atomic mass is 10.2. The largest absolute Gasteiger partial charge is 0.435 e. The van der Waals surface area contributed by atoms with Crippen molar-refractivity contribution in [1.82, 2.24) is 0 Å². The van der Waals surface area contributed by atoms with Crippen molar-refractivity contribution in [2.45, 2.75) is 6.61 Å². The van der Waals surface area contributed by atoms with Gasteiger partial charge in [0.2, 0.25) is 0 Å². The van der Waals surface area contributed by atoms with Crippen LogP contribution < -0.4 is 10.5 Å². The van der Waals surface area contributed by atoms with E-state index < -0.39 is 6.61 Å². The molecule has 0 fully saturated rings. The molecule has 1 rings (SSSR count). The van der Waals surface area contributed by atoms with E-state index in [0.29, 0.717) is 5.56 Å². The second-order valence-corrected chi connectivity index (χ2v) is 2.32. The second-order valence-electron chi connectivity index (χ2n) is 2.32. The fourth-order valence-corrected chi connectivity index (χ4v) is 0.816. The van der Waals surface area contributed by atoms with Gasteiger partial charge in [-0.15, -0.1) is 0 Å². The third-order valence-electron chi connectivity index (χ3n) is 1.39. The molecule has 0 saturated heterocycles. The number of alkyl halides is 2. The lowest BCUT2D eigenvalue weighted by Gasteiger charge is -2.04. The minimum absolute atomic E-state index is 0.0556. The first-order chi connectivity index (χ1) is 6.09. The van der Waals surface area contributed by atoms with Gasteiger partial charge in [-0.1, -0.05) is 0 Å². The highest BCUT2D eigenvalue weighted by Gasteiger charge is 2.03. The molecule has 70 valence electrons. The maximum Gasteiger partial charge on any atom is 0.387 e. The van der Waals surface area contributed by atoms with E-state index in [1.807, 2.05) is 0 Å². The molecular formula is C8H8F2N2O. The van der Waals surface area contributed by atoms with Gasteiger partial charge in [0.15, 0.2) is 0 Å². The summed E-state index contributed by atoms with van der Waals surface area (Å²) >= 11 is 0. The molecule has 0 saturated carbocycles. The van der Waals surface area contributed by atoms with Gasteiger partial charge >= 0.3 is 6.61 Å². The Morgan fingerprint density at radius 2 is 1.85 bits per heavy atom. The molecule has 13 heavy (non-hydrogen) atoms. The standard InChI is InChI=1S/C8H8F2N2O/c9-8(10)13-6-3-1-5(2-4-6)7(11)12/h1-4,8H,(H3,11,12). The van der Waals surface area contributed by atoms with Crippen LogP contribution in [0, 0.1) is 5.41 Å². The van der Waals surface area contributed by atoms with E-state index in [4.69, 9.17) is 11.1 Å². The third kappa shape index (κ3) is 2.70. The van der Waals surface area contributed by atoms with Crippen molar-refractivity contribution < 1.29 is 13.5 Å². The first kappa shape index (κ1) is 9.44. The smallest absolute Gasteiger partial charge is 0.387 e. The Kier molecular flexibility index (Phi) is 2.79. The maximum absolute atomic E-state index is 11.7. The number of hydrogen-bond acceptors (Lipinski definition) is 2. The topological polar surface area (TPSA) is 59.1 Å². The van der Waals surface area contributed by atoms with Crippen LogP contribution in [0.3, 0.4) is 0 Å². The summed E-state index contributed by atoms with van der Waals surface area (Å²) in [5, 5.41) is 7.04. The number of nitrogens with two attached hydrogens (primary N) is 1. The van der Waals surface area contributed by atoms with Crippen molar-refractivity contribution in [2.24, 2.45) is 5.73 Å². The van der Waals surface area contributed by atoms with Crippen LogP contribution in [-0.2, 0) is 0 Å². The maximum atomic E-state index is 11.7. The zero-order valence-corrected chi connectivity index (χ0v) is 6.63. The Hall–Kier alpha value is -1.65. The molecule has 0 radical (unpaired) electrons. The SMILES string of the molecule is N=C(N)c1ccc(OC(F)F)cc1. The monoisotopic (exact) mass is 186 g/mol. The number of nitrogen functional groups attached to an aromatic ring is 1. The number of ether oxygens (including phenoxy) is 1.